The molecule has 0 amide bonds. The fourth-order valence-electron chi connectivity index (χ4n) is 2.76. The number of nitrogens with zero attached hydrogens (tertiary/aromatic N) is 2. The number of imidazole rings is 1. The first-order valence-corrected chi connectivity index (χ1v) is 7.52. The summed E-state index contributed by atoms with van der Waals surface area (Å²) in [4.78, 5) is 4.58. The molecular formula is C15H18ClFN2. The molecule has 1 aromatic carbocycles. The summed E-state index contributed by atoms with van der Waals surface area (Å²) >= 11 is 5.84. The van der Waals surface area contributed by atoms with Gasteiger partial charge in [-0.25, -0.2) is 9.37 Å². The van der Waals surface area contributed by atoms with E-state index in [9.17, 15) is 4.39 Å². The summed E-state index contributed by atoms with van der Waals surface area (Å²) in [6.07, 6.45) is 5.94. The third-order valence-electron chi connectivity index (χ3n) is 4.09. The fraction of sp³-hybridized carbons (Fsp3) is 0.533. The highest BCUT2D eigenvalue weighted by Crippen LogP contribution is 2.30. The SMILES string of the molecule is Fc1ccc2nc(CCCl)n(CCC3CCC3)c2c1. The number of hydrogen-bond donors (Lipinski definition) is 0. The molecule has 2 aromatic rings. The number of benzene rings is 1. The molecular weight excluding hydrogens is 263 g/mol. The molecule has 19 heavy (non-hydrogen) atoms. The van der Waals surface area contributed by atoms with E-state index in [1.807, 2.05) is 0 Å². The second kappa shape index (κ2) is 5.49. The van der Waals surface area contributed by atoms with Crippen LogP contribution in [0.15, 0.2) is 18.2 Å². The van der Waals surface area contributed by atoms with Crippen molar-refractivity contribution < 1.29 is 4.39 Å². The van der Waals surface area contributed by atoms with Crippen LogP contribution in [0.2, 0.25) is 0 Å². The molecule has 1 fully saturated rings. The van der Waals surface area contributed by atoms with Crippen LogP contribution >= 0.6 is 11.6 Å². The maximum Gasteiger partial charge on any atom is 0.125 e. The molecule has 2 nitrogen and oxygen atoms in total. The zero-order valence-corrected chi connectivity index (χ0v) is 11.7. The van der Waals surface area contributed by atoms with E-state index in [1.54, 1.807) is 12.1 Å². The summed E-state index contributed by atoms with van der Waals surface area (Å²) in [6, 6.07) is 4.80. The number of aryl methyl sites for hydroxylation is 2. The van der Waals surface area contributed by atoms with Crippen molar-refractivity contribution in [1.82, 2.24) is 9.55 Å². The summed E-state index contributed by atoms with van der Waals surface area (Å²) < 4.78 is 15.6. The van der Waals surface area contributed by atoms with Gasteiger partial charge in [-0.3, -0.25) is 0 Å². The van der Waals surface area contributed by atoms with E-state index in [0.29, 0.717) is 5.88 Å². The largest absolute Gasteiger partial charge is 0.328 e. The van der Waals surface area contributed by atoms with Gasteiger partial charge in [0.2, 0.25) is 0 Å². The molecule has 4 heteroatoms. The van der Waals surface area contributed by atoms with Gasteiger partial charge in [-0.15, -0.1) is 11.6 Å². The van der Waals surface area contributed by atoms with Gasteiger partial charge in [0.1, 0.15) is 11.6 Å². The third-order valence-corrected chi connectivity index (χ3v) is 4.28. The van der Waals surface area contributed by atoms with Crippen molar-refractivity contribution in [2.75, 3.05) is 5.88 Å². The van der Waals surface area contributed by atoms with Gasteiger partial charge in [-0.05, 0) is 30.5 Å². The van der Waals surface area contributed by atoms with Crippen LogP contribution < -0.4 is 0 Å². The summed E-state index contributed by atoms with van der Waals surface area (Å²) in [6.45, 7) is 0.927. The molecule has 1 heterocycles. The minimum absolute atomic E-state index is 0.199. The van der Waals surface area contributed by atoms with Crippen molar-refractivity contribution in [1.29, 1.82) is 0 Å². The van der Waals surface area contributed by atoms with Gasteiger partial charge < -0.3 is 4.57 Å². The van der Waals surface area contributed by atoms with E-state index in [-0.39, 0.29) is 5.82 Å². The van der Waals surface area contributed by atoms with Crippen LogP contribution in [0.4, 0.5) is 4.39 Å². The van der Waals surface area contributed by atoms with E-state index in [2.05, 4.69) is 9.55 Å². The molecule has 0 unspecified atom stereocenters. The summed E-state index contributed by atoms with van der Waals surface area (Å²) in [5, 5.41) is 0. The normalized spacial score (nSPS) is 15.9. The molecule has 0 saturated heterocycles. The fourth-order valence-corrected chi connectivity index (χ4v) is 2.93. The van der Waals surface area contributed by atoms with Crippen LogP contribution in [0.5, 0.6) is 0 Å². The third kappa shape index (κ3) is 2.62. The first kappa shape index (κ1) is 12.9. The molecule has 1 aromatic heterocycles. The van der Waals surface area contributed by atoms with Gasteiger partial charge in [-0.2, -0.15) is 0 Å². The zero-order valence-electron chi connectivity index (χ0n) is 10.9. The molecule has 0 aliphatic heterocycles. The molecule has 0 bridgehead atoms. The maximum absolute atomic E-state index is 13.4. The Bertz CT molecular complexity index is 575. The Kier molecular flexibility index (Phi) is 3.74. The molecule has 0 radical (unpaired) electrons. The van der Waals surface area contributed by atoms with E-state index >= 15 is 0 Å². The number of alkyl halides is 1. The standard InChI is InChI=1S/C15H18ClFN2/c16-8-6-15-18-13-5-4-12(17)10-14(13)19(15)9-7-11-2-1-3-11/h4-5,10-11H,1-3,6-9H2. The predicted molar refractivity (Wildman–Crippen MR) is 76.1 cm³/mol. The van der Waals surface area contributed by atoms with Crippen molar-refractivity contribution in [3.8, 4) is 0 Å². The monoisotopic (exact) mass is 280 g/mol. The van der Waals surface area contributed by atoms with Crippen LogP contribution in [-0.2, 0) is 13.0 Å². The average Bonchev–Trinajstić information content (AvgIpc) is 2.66. The molecule has 0 spiro atoms. The Morgan fingerprint density at radius 2 is 2.21 bits per heavy atom. The highest BCUT2D eigenvalue weighted by molar-refractivity contribution is 6.17. The quantitative estimate of drug-likeness (QED) is 0.753. The van der Waals surface area contributed by atoms with E-state index in [1.165, 1.54) is 25.3 Å². The highest BCUT2D eigenvalue weighted by Gasteiger charge is 2.18. The number of fused-ring (bicyclic) bond motifs is 1. The Morgan fingerprint density at radius 1 is 1.37 bits per heavy atom. The number of hydrogen-bond acceptors (Lipinski definition) is 1. The number of halogens is 2. The predicted octanol–water partition coefficient (Wildman–Crippen LogP) is 4.15. The van der Waals surface area contributed by atoms with Crippen LogP contribution in [0.1, 0.15) is 31.5 Å². The second-order valence-electron chi connectivity index (χ2n) is 5.34. The van der Waals surface area contributed by atoms with Gasteiger partial charge in [0, 0.05) is 18.8 Å². The van der Waals surface area contributed by atoms with Gasteiger partial charge in [0.05, 0.1) is 11.0 Å². The molecule has 3 rings (SSSR count). The lowest BCUT2D eigenvalue weighted by molar-refractivity contribution is 0.282. The minimum Gasteiger partial charge on any atom is -0.328 e. The van der Waals surface area contributed by atoms with E-state index in [0.717, 1.165) is 42.2 Å². The van der Waals surface area contributed by atoms with E-state index < -0.39 is 0 Å². The van der Waals surface area contributed by atoms with Crippen LogP contribution in [-0.4, -0.2) is 15.4 Å². The Morgan fingerprint density at radius 3 is 2.89 bits per heavy atom. The first-order valence-electron chi connectivity index (χ1n) is 6.98. The Labute approximate surface area is 117 Å². The minimum atomic E-state index is -0.199. The van der Waals surface area contributed by atoms with Crippen molar-refractivity contribution in [3.05, 3.63) is 29.8 Å². The Hall–Kier alpha value is -1.09. The topological polar surface area (TPSA) is 17.8 Å². The van der Waals surface area contributed by atoms with Crippen molar-refractivity contribution in [2.24, 2.45) is 5.92 Å². The molecule has 1 saturated carbocycles. The molecule has 1 aliphatic rings. The number of rotatable bonds is 5. The second-order valence-corrected chi connectivity index (χ2v) is 5.72. The van der Waals surface area contributed by atoms with Crippen LogP contribution in [0.3, 0.4) is 0 Å². The average molecular weight is 281 g/mol. The molecule has 0 N–H and O–H groups in total. The lowest BCUT2D eigenvalue weighted by Gasteiger charge is -2.25. The van der Waals surface area contributed by atoms with Gasteiger partial charge >= 0.3 is 0 Å². The summed E-state index contributed by atoms with van der Waals surface area (Å²) in [5.74, 6) is 2.18. The van der Waals surface area contributed by atoms with Crippen LogP contribution in [0, 0.1) is 11.7 Å². The van der Waals surface area contributed by atoms with Crippen molar-refractivity contribution in [2.45, 2.75) is 38.6 Å². The lowest BCUT2D eigenvalue weighted by atomic mass is 9.83. The van der Waals surface area contributed by atoms with Crippen molar-refractivity contribution >= 4 is 22.6 Å². The molecule has 0 atom stereocenters. The highest BCUT2D eigenvalue weighted by atomic mass is 35.5. The van der Waals surface area contributed by atoms with Gasteiger partial charge in [0.25, 0.3) is 0 Å². The van der Waals surface area contributed by atoms with Gasteiger partial charge in [-0.1, -0.05) is 19.3 Å². The first-order chi connectivity index (χ1) is 9.28. The van der Waals surface area contributed by atoms with Crippen molar-refractivity contribution in [3.63, 3.8) is 0 Å². The lowest BCUT2D eigenvalue weighted by Crippen LogP contribution is -2.15. The Balaban J connectivity index is 1.91. The molecule has 1 aliphatic carbocycles. The van der Waals surface area contributed by atoms with Crippen LogP contribution in [0.25, 0.3) is 11.0 Å². The maximum atomic E-state index is 13.4. The summed E-state index contributed by atoms with van der Waals surface area (Å²) in [5.41, 5.74) is 1.77. The van der Waals surface area contributed by atoms with Gasteiger partial charge in [0.15, 0.2) is 0 Å². The molecule has 102 valence electrons. The van der Waals surface area contributed by atoms with E-state index in [4.69, 9.17) is 11.6 Å². The summed E-state index contributed by atoms with van der Waals surface area (Å²) in [7, 11) is 0. The number of aromatic nitrogens is 2. The smallest absolute Gasteiger partial charge is 0.125 e. The zero-order chi connectivity index (χ0) is 13.2.